The fourth-order valence-electron chi connectivity index (χ4n) is 1.22. The van der Waals surface area contributed by atoms with E-state index >= 15 is 0 Å². The Balaban J connectivity index is 2.98. The summed E-state index contributed by atoms with van der Waals surface area (Å²) in [7, 11) is 1.30. The highest BCUT2D eigenvalue weighted by molar-refractivity contribution is 14.2. The zero-order valence-corrected chi connectivity index (χ0v) is 12.3. The van der Waals surface area contributed by atoms with E-state index in [0.717, 1.165) is 3.57 Å². The molecule has 0 aliphatic heterocycles. The van der Waals surface area contributed by atoms with Crippen LogP contribution in [0.3, 0.4) is 0 Å². The molecule has 1 rings (SSSR count). The molecule has 0 amide bonds. The number of Topliss-reactive ketones (excluding diaryl/α,β-unsaturated/α-hetero) is 1. The molecule has 0 saturated heterocycles. The third-order valence-corrected chi connectivity index (χ3v) is 5.05. The van der Waals surface area contributed by atoms with E-state index < -0.39 is 26.7 Å². The number of hydrogen-bond acceptors (Lipinski definition) is 3. The van der Waals surface area contributed by atoms with Crippen LogP contribution in [0.2, 0.25) is 0 Å². The van der Waals surface area contributed by atoms with Crippen molar-refractivity contribution in [1.29, 1.82) is 0 Å². The van der Waals surface area contributed by atoms with Crippen LogP contribution in [0.4, 0.5) is 0 Å². The first-order chi connectivity index (χ1) is 8.69. The Bertz CT molecular complexity index is 463. The quantitative estimate of drug-likeness (QED) is 0.340. The standard InChI is InChI=1S/C14H15IO3/c1-3-4-10-12(16)13(14(17)18-2)15-11-8-6-5-7-9-11/h3,5-9H,1,4,10H2,2H3. The molecule has 0 aliphatic carbocycles. The Morgan fingerprint density at radius 3 is 2.56 bits per heavy atom. The van der Waals surface area contributed by atoms with Crippen molar-refractivity contribution in [2.24, 2.45) is 0 Å². The van der Waals surface area contributed by atoms with E-state index in [9.17, 15) is 9.59 Å². The summed E-state index contributed by atoms with van der Waals surface area (Å²) in [6.07, 6.45) is 2.58. The Kier molecular flexibility index (Phi) is 6.49. The molecule has 0 N–H and O–H groups in total. The highest BCUT2D eigenvalue weighted by atomic mass is 127. The number of halogens is 1. The first-order valence-electron chi connectivity index (χ1n) is 5.48. The van der Waals surface area contributed by atoms with Gasteiger partial charge >= 0.3 is 5.97 Å². The second-order valence-electron chi connectivity index (χ2n) is 3.45. The molecule has 4 heteroatoms. The number of hydrogen-bond donors (Lipinski definition) is 0. The molecule has 0 aromatic heterocycles. The summed E-state index contributed by atoms with van der Waals surface area (Å²) in [6, 6.07) is 9.56. The number of methoxy groups -OCH3 is 1. The number of carbonyl (C=O) groups excluding carboxylic acids is 2. The molecule has 18 heavy (non-hydrogen) atoms. The fourth-order valence-corrected chi connectivity index (χ4v) is 3.63. The topological polar surface area (TPSA) is 43.4 Å². The van der Waals surface area contributed by atoms with Gasteiger partial charge in [-0.3, -0.25) is 4.79 Å². The van der Waals surface area contributed by atoms with Gasteiger partial charge in [0.1, 0.15) is 3.51 Å². The lowest BCUT2D eigenvalue weighted by Crippen LogP contribution is -2.23. The molecular weight excluding hydrogens is 343 g/mol. The summed E-state index contributed by atoms with van der Waals surface area (Å²) < 4.78 is 6.03. The predicted molar refractivity (Wildman–Crippen MR) is 80.6 cm³/mol. The largest absolute Gasteiger partial charge is 0.465 e. The predicted octanol–water partition coefficient (Wildman–Crippen LogP) is 2.71. The molecule has 0 saturated carbocycles. The molecule has 0 aliphatic rings. The zero-order chi connectivity index (χ0) is 13.4. The van der Waals surface area contributed by atoms with Crippen molar-refractivity contribution >= 4 is 36.0 Å². The van der Waals surface area contributed by atoms with Crippen LogP contribution in [0, 0.1) is 3.57 Å². The van der Waals surface area contributed by atoms with E-state index in [1.807, 2.05) is 30.3 Å². The van der Waals surface area contributed by atoms with E-state index in [2.05, 4.69) is 6.58 Å². The van der Waals surface area contributed by atoms with Gasteiger partial charge in [0.2, 0.25) is 0 Å². The van der Waals surface area contributed by atoms with Gasteiger partial charge in [0.25, 0.3) is 0 Å². The van der Waals surface area contributed by atoms with E-state index in [1.54, 1.807) is 6.08 Å². The summed E-state index contributed by atoms with van der Waals surface area (Å²) in [5.41, 5.74) is 0. The monoisotopic (exact) mass is 358 g/mol. The average Bonchev–Trinajstić information content (AvgIpc) is 2.42. The third kappa shape index (κ3) is 4.52. The van der Waals surface area contributed by atoms with Crippen molar-refractivity contribution in [3.05, 3.63) is 46.6 Å². The maximum atomic E-state index is 11.9. The van der Waals surface area contributed by atoms with Gasteiger partial charge in [0, 0.05) is 9.99 Å². The number of esters is 1. The smallest absolute Gasteiger partial charge is 0.347 e. The Morgan fingerprint density at radius 1 is 1.33 bits per heavy atom. The van der Waals surface area contributed by atoms with Crippen LogP contribution >= 0.6 is 20.7 Å². The molecule has 0 spiro atoms. The van der Waals surface area contributed by atoms with Crippen molar-refractivity contribution in [3.63, 3.8) is 0 Å². The number of allylic oxidation sites excluding steroid dienone is 1. The zero-order valence-electron chi connectivity index (χ0n) is 10.2. The van der Waals surface area contributed by atoms with Crippen LogP contribution in [0.1, 0.15) is 12.8 Å². The van der Waals surface area contributed by atoms with Gasteiger partial charge in [-0.15, -0.1) is 6.58 Å². The van der Waals surface area contributed by atoms with E-state index in [0.29, 0.717) is 16.4 Å². The molecule has 0 atom stereocenters. The summed E-state index contributed by atoms with van der Waals surface area (Å²) in [5.74, 6) is -0.626. The highest BCUT2D eigenvalue weighted by Gasteiger charge is 2.18. The first kappa shape index (κ1) is 14.8. The molecule has 1 aromatic carbocycles. The van der Waals surface area contributed by atoms with Gasteiger partial charge in [-0.05, 0) is 18.6 Å². The molecular formula is C14H15IO3. The lowest BCUT2D eigenvalue weighted by Gasteiger charge is -2.03. The minimum Gasteiger partial charge on any atom is -0.465 e. The van der Waals surface area contributed by atoms with Crippen LogP contribution in [0.5, 0.6) is 0 Å². The van der Waals surface area contributed by atoms with Gasteiger partial charge in [-0.2, -0.15) is 0 Å². The Labute approximate surface area is 117 Å². The van der Waals surface area contributed by atoms with Gasteiger partial charge in [0.15, 0.2) is 5.78 Å². The van der Waals surface area contributed by atoms with Gasteiger partial charge in [-0.25, -0.2) is 4.79 Å². The van der Waals surface area contributed by atoms with Gasteiger partial charge < -0.3 is 4.74 Å². The molecule has 3 nitrogen and oxygen atoms in total. The molecule has 0 heterocycles. The second kappa shape index (κ2) is 7.92. The molecule has 96 valence electrons. The number of carbonyl (C=O) groups is 2. The maximum absolute atomic E-state index is 11.9. The van der Waals surface area contributed by atoms with Crippen LogP contribution in [-0.4, -0.2) is 22.4 Å². The molecule has 0 radical (unpaired) electrons. The maximum Gasteiger partial charge on any atom is 0.347 e. The summed E-state index contributed by atoms with van der Waals surface area (Å²) in [6.45, 7) is 3.57. The van der Waals surface area contributed by atoms with Crippen molar-refractivity contribution in [1.82, 2.24) is 0 Å². The van der Waals surface area contributed by atoms with E-state index in [-0.39, 0.29) is 5.78 Å². The molecule has 0 unspecified atom stereocenters. The minimum absolute atomic E-state index is 0.126. The van der Waals surface area contributed by atoms with Crippen LogP contribution in [0.15, 0.2) is 43.0 Å². The van der Waals surface area contributed by atoms with Gasteiger partial charge in [0.05, 0.1) is 7.11 Å². The van der Waals surface area contributed by atoms with Crippen LogP contribution in [-0.2, 0) is 14.3 Å². The summed E-state index contributed by atoms with van der Waals surface area (Å²) >= 11 is -0.786. The number of benzene rings is 1. The molecule has 0 bridgehead atoms. The van der Waals surface area contributed by atoms with Crippen LogP contribution < -0.4 is 0 Å². The third-order valence-electron chi connectivity index (χ3n) is 2.12. The van der Waals surface area contributed by atoms with Crippen molar-refractivity contribution in [2.75, 3.05) is 7.11 Å². The Hall–Kier alpha value is -1.30. The van der Waals surface area contributed by atoms with E-state index in [1.165, 1.54) is 7.11 Å². The van der Waals surface area contributed by atoms with Crippen molar-refractivity contribution in [3.8, 4) is 0 Å². The first-order valence-corrected chi connectivity index (χ1v) is 7.64. The molecule has 1 aromatic rings. The SMILES string of the molecule is C=CCCC(=O)C(=Ic1ccccc1)C(=O)OC. The lowest BCUT2D eigenvalue weighted by molar-refractivity contribution is -0.133. The van der Waals surface area contributed by atoms with E-state index in [4.69, 9.17) is 4.74 Å². The molecule has 0 fully saturated rings. The summed E-state index contributed by atoms with van der Waals surface area (Å²) in [4.78, 5) is 23.6. The minimum atomic E-state index is -0.786. The van der Waals surface area contributed by atoms with Crippen molar-refractivity contribution < 1.29 is 14.3 Å². The average molecular weight is 358 g/mol. The van der Waals surface area contributed by atoms with Gasteiger partial charge in [-0.1, -0.05) is 45.0 Å². The highest BCUT2D eigenvalue weighted by Crippen LogP contribution is 2.15. The second-order valence-corrected chi connectivity index (χ2v) is 6.31. The Morgan fingerprint density at radius 2 is 2.00 bits per heavy atom. The normalized spacial score (nSPS) is 11.3. The summed E-state index contributed by atoms with van der Waals surface area (Å²) in [5, 5.41) is 0. The number of ether oxygens (including phenoxy) is 1. The van der Waals surface area contributed by atoms with Crippen LogP contribution in [0.25, 0.3) is 0 Å². The number of rotatable bonds is 6. The van der Waals surface area contributed by atoms with Crippen molar-refractivity contribution in [2.45, 2.75) is 12.8 Å². The lowest BCUT2D eigenvalue weighted by atomic mass is 10.2. The number of ketones is 1. The fraction of sp³-hybridized carbons (Fsp3) is 0.214.